The third kappa shape index (κ3) is 1.54. The van der Waals surface area contributed by atoms with Gasteiger partial charge in [0, 0.05) is 6.61 Å². The summed E-state index contributed by atoms with van der Waals surface area (Å²) in [5, 5.41) is 7.39. The van der Waals surface area contributed by atoms with Gasteiger partial charge in [0.25, 0.3) is 0 Å². The van der Waals surface area contributed by atoms with Gasteiger partial charge in [0.15, 0.2) is 0 Å². The summed E-state index contributed by atoms with van der Waals surface area (Å²) in [7, 11) is 0. The summed E-state index contributed by atoms with van der Waals surface area (Å²) in [6, 6.07) is 0. The monoisotopic (exact) mass is 137 g/mol. The Morgan fingerprint density at radius 3 is 3.00 bits per heavy atom. The maximum absolute atomic E-state index is 7.39. The summed E-state index contributed by atoms with van der Waals surface area (Å²) in [6.45, 7) is 2.59. The predicted octanol–water partition coefficient (Wildman–Crippen LogP) is 1.54. The summed E-state index contributed by atoms with van der Waals surface area (Å²) in [6.07, 6.45) is 7.26. The molecular formula is C8H11NO. The zero-order valence-corrected chi connectivity index (χ0v) is 6.00. The van der Waals surface area contributed by atoms with Gasteiger partial charge in [-0.1, -0.05) is 12.2 Å². The van der Waals surface area contributed by atoms with Crippen molar-refractivity contribution in [2.45, 2.75) is 13.0 Å². The Kier molecular flexibility index (Phi) is 2.40. The lowest BCUT2D eigenvalue weighted by Gasteiger charge is -2.13. The molecule has 0 unspecified atom stereocenters. The van der Waals surface area contributed by atoms with Crippen LogP contribution in [0.3, 0.4) is 0 Å². The molecule has 2 nitrogen and oxygen atoms in total. The van der Waals surface area contributed by atoms with Gasteiger partial charge in [-0.3, -0.25) is 0 Å². The van der Waals surface area contributed by atoms with Crippen molar-refractivity contribution >= 4 is 5.71 Å². The highest BCUT2D eigenvalue weighted by Gasteiger charge is 2.09. The molecule has 0 saturated heterocycles. The number of hydrogen-bond donors (Lipinski definition) is 1. The fourth-order valence-electron chi connectivity index (χ4n) is 0.848. The fraction of sp³-hybridized carbons (Fsp3) is 0.375. The van der Waals surface area contributed by atoms with E-state index in [0.29, 0.717) is 12.3 Å². The second kappa shape index (κ2) is 3.32. The third-order valence-electron chi connectivity index (χ3n) is 1.33. The Labute approximate surface area is 60.7 Å². The first-order valence-electron chi connectivity index (χ1n) is 3.39. The summed E-state index contributed by atoms with van der Waals surface area (Å²) < 4.78 is 5.23. The van der Waals surface area contributed by atoms with Crippen LogP contribution < -0.4 is 0 Å². The van der Waals surface area contributed by atoms with E-state index >= 15 is 0 Å². The molecule has 54 valence electrons. The van der Waals surface area contributed by atoms with Crippen molar-refractivity contribution < 1.29 is 4.74 Å². The molecule has 2 heteroatoms. The van der Waals surface area contributed by atoms with Crippen LogP contribution in [0.4, 0.5) is 0 Å². The van der Waals surface area contributed by atoms with Crippen molar-refractivity contribution in [1.29, 1.82) is 5.41 Å². The molecule has 0 heterocycles. The predicted molar refractivity (Wildman–Crippen MR) is 41.4 cm³/mol. The summed E-state index contributed by atoms with van der Waals surface area (Å²) in [5.41, 5.74) is 0.532. The highest BCUT2D eigenvalue weighted by molar-refractivity contribution is 5.98. The molecule has 0 radical (unpaired) electrons. The van der Waals surface area contributed by atoms with Crippen molar-refractivity contribution in [1.82, 2.24) is 0 Å². The van der Waals surface area contributed by atoms with Gasteiger partial charge in [-0.05, 0) is 19.1 Å². The van der Waals surface area contributed by atoms with Gasteiger partial charge in [0.05, 0.1) is 5.71 Å². The van der Waals surface area contributed by atoms with Crippen LogP contribution in [-0.4, -0.2) is 18.4 Å². The van der Waals surface area contributed by atoms with Gasteiger partial charge in [-0.25, -0.2) is 0 Å². The number of allylic oxidation sites excluding steroid dienone is 2. The van der Waals surface area contributed by atoms with E-state index in [-0.39, 0.29) is 6.10 Å². The Hall–Kier alpha value is -0.890. The minimum absolute atomic E-state index is 0.116. The third-order valence-corrected chi connectivity index (χ3v) is 1.33. The highest BCUT2D eigenvalue weighted by atomic mass is 16.5. The van der Waals surface area contributed by atoms with Crippen LogP contribution in [0.25, 0.3) is 0 Å². The van der Waals surface area contributed by atoms with Gasteiger partial charge in [-0.15, -0.1) is 0 Å². The molecule has 1 N–H and O–H groups in total. The summed E-state index contributed by atoms with van der Waals surface area (Å²) >= 11 is 0. The Morgan fingerprint density at radius 1 is 1.60 bits per heavy atom. The first kappa shape index (κ1) is 7.22. The fourth-order valence-corrected chi connectivity index (χ4v) is 0.848. The molecule has 1 aliphatic carbocycles. The second-order valence-corrected chi connectivity index (χ2v) is 2.08. The van der Waals surface area contributed by atoms with Crippen molar-refractivity contribution in [3.05, 3.63) is 24.3 Å². The Balaban J connectivity index is 2.53. The normalized spacial score (nSPS) is 23.7. The van der Waals surface area contributed by atoms with Gasteiger partial charge in [-0.2, -0.15) is 0 Å². The average Bonchev–Trinajstić information content (AvgIpc) is 1.94. The Morgan fingerprint density at radius 2 is 2.40 bits per heavy atom. The van der Waals surface area contributed by atoms with Crippen molar-refractivity contribution in [3.8, 4) is 0 Å². The summed E-state index contributed by atoms with van der Waals surface area (Å²) in [5.74, 6) is 0. The van der Waals surface area contributed by atoms with Gasteiger partial charge in [0.1, 0.15) is 6.10 Å². The van der Waals surface area contributed by atoms with Crippen LogP contribution in [0.5, 0.6) is 0 Å². The van der Waals surface area contributed by atoms with Gasteiger partial charge < -0.3 is 10.1 Å². The van der Waals surface area contributed by atoms with E-state index in [0.717, 1.165) is 0 Å². The second-order valence-electron chi connectivity index (χ2n) is 2.08. The molecule has 0 spiro atoms. The quantitative estimate of drug-likeness (QED) is 0.615. The van der Waals surface area contributed by atoms with Gasteiger partial charge >= 0.3 is 0 Å². The first-order valence-corrected chi connectivity index (χ1v) is 3.39. The molecule has 0 aliphatic heterocycles. The zero-order valence-electron chi connectivity index (χ0n) is 6.00. The molecular weight excluding hydrogens is 126 g/mol. The molecule has 0 bridgehead atoms. The van der Waals surface area contributed by atoms with E-state index in [1.807, 2.05) is 25.2 Å². The summed E-state index contributed by atoms with van der Waals surface area (Å²) in [4.78, 5) is 0. The zero-order chi connectivity index (χ0) is 7.40. The lowest BCUT2D eigenvalue weighted by molar-refractivity contribution is 0.140. The van der Waals surface area contributed by atoms with Crippen molar-refractivity contribution in [2.24, 2.45) is 0 Å². The van der Waals surface area contributed by atoms with Crippen LogP contribution in [0.15, 0.2) is 24.3 Å². The van der Waals surface area contributed by atoms with Crippen LogP contribution >= 0.6 is 0 Å². The molecule has 0 saturated carbocycles. The topological polar surface area (TPSA) is 33.1 Å². The van der Waals surface area contributed by atoms with E-state index in [2.05, 4.69) is 0 Å². The van der Waals surface area contributed by atoms with Crippen LogP contribution in [-0.2, 0) is 4.74 Å². The van der Waals surface area contributed by atoms with E-state index in [1.165, 1.54) is 0 Å². The maximum atomic E-state index is 7.39. The lowest BCUT2D eigenvalue weighted by Crippen LogP contribution is -2.20. The minimum atomic E-state index is -0.116. The largest absolute Gasteiger partial charge is 0.368 e. The number of nitrogens with one attached hydrogen (secondary N) is 1. The SMILES string of the molecule is CCO[C@@H]1C=CC=CC1=N. The molecule has 1 aliphatic rings. The highest BCUT2D eigenvalue weighted by Crippen LogP contribution is 2.03. The van der Waals surface area contributed by atoms with Gasteiger partial charge in [0.2, 0.25) is 0 Å². The number of rotatable bonds is 2. The van der Waals surface area contributed by atoms with E-state index in [4.69, 9.17) is 10.1 Å². The number of hydrogen-bond acceptors (Lipinski definition) is 2. The lowest BCUT2D eigenvalue weighted by atomic mass is 10.1. The smallest absolute Gasteiger partial charge is 0.117 e. The molecule has 10 heavy (non-hydrogen) atoms. The molecule has 0 aromatic carbocycles. The molecule has 0 amide bonds. The first-order chi connectivity index (χ1) is 4.84. The molecule has 0 aromatic heterocycles. The van der Waals surface area contributed by atoms with Crippen LogP contribution in [0.2, 0.25) is 0 Å². The van der Waals surface area contributed by atoms with E-state index in [9.17, 15) is 0 Å². The molecule has 0 aromatic rings. The van der Waals surface area contributed by atoms with E-state index in [1.54, 1.807) is 6.08 Å². The van der Waals surface area contributed by atoms with Crippen molar-refractivity contribution in [3.63, 3.8) is 0 Å². The van der Waals surface area contributed by atoms with E-state index < -0.39 is 0 Å². The van der Waals surface area contributed by atoms with Crippen LogP contribution in [0.1, 0.15) is 6.92 Å². The van der Waals surface area contributed by atoms with Crippen molar-refractivity contribution in [2.75, 3.05) is 6.61 Å². The molecule has 1 rings (SSSR count). The standard InChI is InChI=1S/C8H11NO/c1-2-10-8-6-4-3-5-7(8)9/h3-6,8-9H,2H2,1H3/t8-/m1/s1. The molecule has 0 fully saturated rings. The maximum Gasteiger partial charge on any atom is 0.117 e. The Bertz CT molecular complexity index is 182. The number of ether oxygens (including phenoxy) is 1. The average molecular weight is 137 g/mol. The molecule has 1 atom stereocenters. The van der Waals surface area contributed by atoms with Crippen LogP contribution in [0, 0.1) is 5.41 Å². The minimum Gasteiger partial charge on any atom is -0.368 e.